The van der Waals surface area contributed by atoms with Crippen molar-refractivity contribution in [2.75, 3.05) is 31.9 Å². The summed E-state index contributed by atoms with van der Waals surface area (Å²) in [5.74, 6) is 1.46. The van der Waals surface area contributed by atoms with Crippen LogP contribution in [0.3, 0.4) is 0 Å². The molecule has 0 bridgehead atoms. The molecule has 5 heteroatoms. The van der Waals surface area contributed by atoms with Crippen molar-refractivity contribution in [3.63, 3.8) is 0 Å². The lowest BCUT2D eigenvalue weighted by Crippen LogP contribution is -2.17. The maximum Gasteiger partial charge on any atom is 0.123 e. The van der Waals surface area contributed by atoms with Gasteiger partial charge < -0.3 is 24.9 Å². The van der Waals surface area contributed by atoms with Crippen molar-refractivity contribution >= 4 is 17.7 Å². The van der Waals surface area contributed by atoms with Crippen molar-refractivity contribution < 1.29 is 14.3 Å². The number of aldehydes is 1. The highest BCUT2D eigenvalue weighted by Gasteiger charge is 2.14. The molecule has 1 atom stereocenters. The van der Waals surface area contributed by atoms with Gasteiger partial charge in [-0.1, -0.05) is 12.1 Å². The first-order valence-electron chi connectivity index (χ1n) is 7.87. The molecule has 24 heavy (non-hydrogen) atoms. The molecule has 5 nitrogen and oxygen atoms in total. The van der Waals surface area contributed by atoms with Crippen LogP contribution in [-0.2, 0) is 4.79 Å². The number of anilines is 2. The summed E-state index contributed by atoms with van der Waals surface area (Å²) in [5.41, 5.74) is 3.90. The minimum atomic E-state index is 0.0308. The fraction of sp³-hybridized carbons (Fsp3) is 0.316. The van der Waals surface area contributed by atoms with Gasteiger partial charge in [0.1, 0.15) is 17.8 Å². The van der Waals surface area contributed by atoms with Crippen molar-refractivity contribution in [3.05, 3.63) is 36.4 Å². The van der Waals surface area contributed by atoms with E-state index in [4.69, 9.17) is 9.47 Å². The molecule has 0 aliphatic carbocycles. The molecular weight excluding hydrogens is 304 g/mol. The number of rotatable bonds is 8. The molecule has 0 aliphatic heterocycles. The Morgan fingerprint density at radius 2 is 1.79 bits per heavy atom. The van der Waals surface area contributed by atoms with Crippen LogP contribution < -0.4 is 20.1 Å². The molecule has 0 saturated carbocycles. The molecule has 0 aromatic heterocycles. The molecule has 0 unspecified atom stereocenters. The second-order valence-electron chi connectivity index (χ2n) is 5.53. The van der Waals surface area contributed by atoms with Crippen molar-refractivity contribution in [1.29, 1.82) is 0 Å². The number of methoxy groups -OCH3 is 2. The van der Waals surface area contributed by atoms with Crippen LogP contribution in [0.25, 0.3) is 11.1 Å². The highest BCUT2D eigenvalue weighted by Crippen LogP contribution is 2.38. The molecule has 2 aromatic carbocycles. The predicted molar refractivity (Wildman–Crippen MR) is 98.3 cm³/mol. The molecule has 0 saturated heterocycles. The first-order chi connectivity index (χ1) is 11.6. The standard InChI is InChI=1S/C19H24N2O3/c1-13(8-9-22)21-19-17(6-5-7-18(19)20-2)14-10-15(23-3)12-16(11-14)24-4/h5-7,9-13,20-21H,8H2,1-4H3/t13-/m1/s1. The average molecular weight is 328 g/mol. The van der Waals surface area contributed by atoms with E-state index < -0.39 is 0 Å². The summed E-state index contributed by atoms with van der Waals surface area (Å²) < 4.78 is 10.7. The van der Waals surface area contributed by atoms with Gasteiger partial charge in [0.2, 0.25) is 0 Å². The second-order valence-corrected chi connectivity index (χ2v) is 5.53. The van der Waals surface area contributed by atoms with Gasteiger partial charge in [-0.3, -0.25) is 0 Å². The highest BCUT2D eigenvalue weighted by atomic mass is 16.5. The summed E-state index contributed by atoms with van der Waals surface area (Å²) in [7, 11) is 5.14. The first-order valence-corrected chi connectivity index (χ1v) is 7.87. The summed E-state index contributed by atoms with van der Waals surface area (Å²) in [4.78, 5) is 10.8. The van der Waals surface area contributed by atoms with E-state index >= 15 is 0 Å². The van der Waals surface area contributed by atoms with E-state index in [-0.39, 0.29) is 6.04 Å². The van der Waals surface area contributed by atoms with Crippen LogP contribution in [0.15, 0.2) is 36.4 Å². The van der Waals surface area contributed by atoms with E-state index in [2.05, 4.69) is 10.6 Å². The lowest BCUT2D eigenvalue weighted by atomic mass is 10.0. The molecule has 128 valence electrons. The van der Waals surface area contributed by atoms with Gasteiger partial charge in [0.25, 0.3) is 0 Å². The van der Waals surface area contributed by atoms with E-state index in [1.807, 2.05) is 50.4 Å². The number of hydrogen-bond acceptors (Lipinski definition) is 5. The average Bonchev–Trinajstić information content (AvgIpc) is 2.61. The van der Waals surface area contributed by atoms with Gasteiger partial charge in [-0.25, -0.2) is 0 Å². The van der Waals surface area contributed by atoms with Crippen LogP contribution in [0.5, 0.6) is 11.5 Å². The molecule has 0 aliphatic rings. The van der Waals surface area contributed by atoms with E-state index in [0.717, 1.165) is 40.3 Å². The summed E-state index contributed by atoms with van der Waals surface area (Å²) in [6.45, 7) is 1.98. The maximum absolute atomic E-state index is 10.8. The van der Waals surface area contributed by atoms with Crippen LogP contribution in [0, 0.1) is 0 Å². The third-order valence-corrected chi connectivity index (χ3v) is 3.84. The van der Waals surface area contributed by atoms with Crippen molar-refractivity contribution in [2.24, 2.45) is 0 Å². The Morgan fingerprint density at radius 1 is 1.12 bits per heavy atom. The molecule has 0 amide bonds. The lowest BCUT2D eigenvalue weighted by molar-refractivity contribution is -0.107. The topological polar surface area (TPSA) is 59.6 Å². The Labute approximate surface area is 143 Å². The van der Waals surface area contributed by atoms with Crippen molar-refractivity contribution in [3.8, 4) is 22.6 Å². The summed E-state index contributed by atoms with van der Waals surface area (Å²) in [5, 5.41) is 6.63. The Morgan fingerprint density at radius 3 is 2.33 bits per heavy atom. The number of nitrogens with one attached hydrogen (secondary N) is 2. The van der Waals surface area contributed by atoms with Gasteiger partial charge in [-0.05, 0) is 30.7 Å². The van der Waals surface area contributed by atoms with Gasteiger partial charge in [0.15, 0.2) is 0 Å². The number of hydrogen-bond donors (Lipinski definition) is 2. The Hall–Kier alpha value is -2.69. The Kier molecular flexibility index (Phi) is 6.07. The Balaban J connectivity index is 2.55. The van der Waals surface area contributed by atoms with Crippen LogP contribution in [0.1, 0.15) is 13.3 Å². The zero-order valence-electron chi connectivity index (χ0n) is 14.6. The second kappa shape index (κ2) is 8.24. The zero-order valence-corrected chi connectivity index (χ0v) is 14.6. The predicted octanol–water partition coefficient (Wildman–Crippen LogP) is 3.80. The number of para-hydroxylation sites is 1. The van der Waals surface area contributed by atoms with Crippen LogP contribution in [0.4, 0.5) is 11.4 Å². The van der Waals surface area contributed by atoms with Gasteiger partial charge in [-0.2, -0.15) is 0 Å². The molecular formula is C19H24N2O3. The third-order valence-electron chi connectivity index (χ3n) is 3.84. The number of ether oxygens (including phenoxy) is 2. The number of carbonyl (C=O) groups is 1. The zero-order chi connectivity index (χ0) is 17.5. The van der Waals surface area contributed by atoms with E-state index in [1.54, 1.807) is 14.2 Å². The smallest absolute Gasteiger partial charge is 0.123 e. The van der Waals surface area contributed by atoms with E-state index in [0.29, 0.717) is 6.42 Å². The lowest BCUT2D eigenvalue weighted by Gasteiger charge is -2.20. The van der Waals surface area contributed by atoms with Gasteiger partial charge >= 0.3 is 0 Å². The van der Waals surface area contributed by atoms with Crippen LogP contribution in [0.2, 0.25) is 0 Å². The largest absolute Gasteiger partial charge is 0.497 e. The number of benzene rings is 2. The summed E-state index contributed by atoms with van der Waals surface area (Å²) >= 11 is 0. The monoisotopic (exact) mass is 328 g/mol. The van der Waals surface area contributed by atoms with Gasteiger partial charge in [0, 0.05) is 31.1 Å². The minimum absolute atomic E-state index is 0.0308. The summed E-state index contributed by atoms with van der Waals surface area (Å²) in [6.07, 6.45) is 1.37. The molecule has 2 aromatic rings. The quantitative estimate of drug-likeness (QED) is 0.722. The van der Waals surface area contributed by atoms with Gasteiger partial charge in [-0.15, -0.1) is 0 Å². The number of carbonyl (C=O) groups excluding carboxylic acids is 1. The first kappa shape index (κ1) is 17.7. The fourth-order valence-electron chi connectivity index (χ4n) is 2.57. The molecule has 0 fully saturated rings. The van der Waals surface area contributed by atoms with Gasteiger partial charge in [0.05, 0.1) is 25.6 Å². The minimum Gasteiger partial charge on any atom is -0.497 e. The van der Waals surface area contributed by atoms with Crippen LogP contribution in [-0.4, -0.2) is 33.6 Å². The molecule has 0 heterocycles. The van der Waals surface area contributed by atoms with Crippen LogP contribution >= 0.6 is 0 Å². The SMILES string of the molecule is CNc1cccc(-c2cc(OC)cc(OC)c2)c1N[C@H](C)CC=O. The molecule has 0 radical (unpaired) electrons. The van der Waals surface area contributed by atoms with E-state index in [1.165, 1.54) is 0 Å². The highest BCUT2D eigenvalue weighted by molar-refractivity contribution is 5.88. The third kappa shape index (κ3) is 3.98. The molecule has 2 rings (SSSR count). The summed E-state index contributed by atoms with van der Waals surface area (Å²) in [6, 6.07) is 11.8. The van der Waals surface area contributed by atoms with Crippen molar-refractivity contribution in [2.45, 2.75) is 19.4 Å². The fourth-order valence-corrected chi connectivity index (χ4v) is 2.57. The normalized spacial score (nSPS) is 11.5. The molecule has 2 N–H and O–H groups in total. The maximum atomic E-state index is 10.8. The van der Waals surface area contributed by atoms with Crippen molar-refractivity contribution in [1.82, 2.24) is 0 Å². The Bertz CT molecular complexity index is 679. The molecule has 0 spiro atoms. The van der Waals surface area contributed by atoms with E-state index in [9.17, 15) is 4.79 Å².